The first-order valence-electron chi connectivity index (χ1n) is 6.67. The number of halogens is 2. The fraction of sp³-hybridized carbons (Fsp3) is 0.533. The van der Waals surface area contributed by atoms with E-state index in [-0.39, 0.29) is 17.7 Å². The SMILES string of the molecule is CC(C)(CCNCc1ccc(F)cc1Cl)CCC(=O)O. The lowest BCUT2D eigenvalue weighted by Gasteiger charge is -2.24. The lowest BCUT2D eigenvalue weighted by Crippen LogP contribution is -2.23. The zero-order valence-corrected chi connectivity index (χ0v) is 12.6. The largest absolute Gasteiger partial charge is 0.481 e. The van der Waals surface area contributed by atoms with Gasteiger partial charge in [-0.05, 0) is 42.5 Å². The molecule has 5 heteroatoms. The second-order valence-electron chi connectivity index (χ2n) is 5.72. The minimum absolute atomic E-state index is 0.0159. The van der Waals surface area contributed by atoms with Crippen molar-refractivity contribution in [3.63, 3.8) is 0 Å². The van der Waals surface area contributed by atoms with Crippen LogP contribution in [-0.2, 0) is 11.3 Å². The fourth-order valence-corrected chi connectivity index (χ4v) is 2.12. The number of rotatable bonds is 8. The summed E-state index contributed by atoms with van der Waals surface area (Å²) in [6.45, 7) is 5.46. The van der Waals surface area contributed by atoms with Crippen molar-refractivity contribution in [1.82, 2.24) is 5.32 Å². The molecule has 0 aliphatic rings. The number of hydrogen-bond donors (Lipinski definition) is 2. The molecule has 0 spiro atoms. The molecule has 3 nitrogen and oxygen atoms in total. The van der Waals surface area contributed by atoms with Gasteiger partial charge in [-0.25, -0.2) is 4.39 Å². The van der Waals surface area contributed by atoms with Crippen LogP contribution in [-0.4, -0.2) is 17.6 Å². The minimum Gasteiger partial charge on any atom is -0.481 e. The van der Waals surface area contributed by atoms with Crippen LogP contribution in [0.4, 0.5) is 4.39 Å². The first-order valence-corrected chi connectivity index (χ1v) is 7.04. The number of hydrogen-bond acceptors (Lipinski definition) is 2. The van der Waals surface area contributed by atoms with E-state index in [1.165, 1.54) is 12.1 Å². The molecule has 1 rings (SSSR count). The molecule has 1 aromatic rings. The van der Waals surface area contributed by atoms with Gasteiger partial charge in [-0.1, -0.05) is 31.5 Å². The Labute approximate surface area is 124 Å². The molecule has 2 N–H and O–H groups in total. The van der Waals surface area contributed by atoms with E-state index in [9.17, 15) is 9.18 Å². The topological polar surface area (TPSA) is 49.3 Å². The third kappa shape index (κ3) is 6.35. The molecule has 112 valence electrons. The fourth-order valence-electron chi connectivity index (χ4n) is 1.89. The summed E-state index contributed by atoms with van der Waals surface area (Å²) in [5, 5.41) is 12.4. The Morgan fingerprint density at radius 3 is 2.70 bits per heavy atom. The van der Waals surface area contributed by atoms with Crippen LogP contribution in [0.3, 0.4) is 0 Å². The van der Waals surface area contributed by atoms with Crippen LogP contribution in [0.15, 0.2) is 18.2 Å². The number of benzene rings is 1. The number of nitrogens with one attached hydrogen (secondary N) is 1. The number of aliphatic carboxylic acids is 1. The molecule has 0 radical (unpaired) electrons. The van der Waals surface area contributed by atoms with Crippen molar-refractivity contribution in [3.05, 3.63) is 34.6 Å². The molecule has 0 saturated carbocycles. The summed E-state index contributed by atoms with van der Waals surface area (Å²) < 4.78 is 12.9. The number of carboxylic acids is 1. The molecule has 0 atom stereocenters. The maximum Gasteiger partial charge on any atom is 0.303 e. The molecule has 0 amide bonds. The Kier molecular flexibility index (Phi) is 6.43. The van der Waals surface area contributed by atoms with Gasteiger partial charge in [0, 0.05) is 18.0 Å². The van der Waals surface area contributed by atoms with Crippen LogP contribution in [0.25, 0.3) is 0 Å². The van der Waals surface area contributed by atoms with Gasteiger partial charge >= 0.3 is 5.97 Å². The van der Waals surface area contributed by atoms with Gasteiger partial charge in [-0.15, -0.1) is 0 Å². The standard InChI is InChI=1S/C15H21ClFNO2/c1-15(2,6-5-14(19)20)7-8-18-10-11-3-4-12(17)9-13(11)16/h3-4,9,18H,5-8,10H2,1-2H3,(H,19,20). The summed E-state index contributed by atoms with van der Waals surface area (Å²) in [7, 11) is 0. The molecule has 0 unspecified atom stereocenters. The van der Waals surface area contributed by atoms with Gasteiger partial charge in [-0.2, -0.15) is 0 Å². The summed E-state index contributed by atoms with van der Waals surface area (Å²) in [6.07, 6.45) is 1.72. The quantitative estimate of drug-likeness (QED) is 0.717. The number of carbonyl (C=O) groups is 1. The molecular formula is C15H21ClFNO2. The molecule has 0 saturated heterocycles. The Bertz CT molecular complexity index is 463. The highest BCUT2D eigenvalue weighted by Gasteiger charge is 2.18. The second-order valence-corrected chi connectivity index (χ2v) is 6.13. The first kappa shape index (κ1) is 16.9. The van der Waals surface area contributed by atoms with Crippen LogP contribution >= 0.6 is 11.6 Å². The molecule has 0 aliphatic heterocycles. The van der Waals surface area contributed by atoms with Crippen molar-refractivity contribution >= 4 is 17.6 Å². The zero-order valence-electron chi connectivity index (χ0n) is 11.9. The van der Waals surface area contributed by atoms with Crippen molar-refractivity contribution < 1.29 is 14.3 Å². The molecule has 0 aromatic heterocycles. The van der Waals surface area contributed by atoms with Crippen molar-refractivity contribution in [3.8, 4) is 0 Å². The second kappa shape index (κ2) is 7.60. The zero-order chi connectivity index (χ0) is 15.2. The van der Waals surface area contributed by atoms with Gasteiger partial charge in [0.1, 0.15) is 5.82 Å². The smallest absolute Gasteiger partial charge is 0.303 e. The summed E-state index contributed by atoms with van der Waals surface area (Å²) in [5.74, 6) is -1.10. The predicted octanol–water partition coefficient (Wildman–Crippen LogP) is 3.85. The average molecular weight is 302 g/mol. The summed E-state index contributed by atoms with van der Waals surface area (Å²) in [6, 6.07) is 4.36. The predicted molar refractivity (Wildman–Crippen MR) is 78.4 cm³/mol. The van der Waals surface area contributed by atoms with E-state index in [4.69, 9.17) is 16.7 Å². The van der Waals surface area contributed by atoms with Crippen molar-refractivity contribution in [1.29, 1.82) is 0 Å². The highest BCUT2D eigenvalue weighted by atomic mass is 35.5. The molecule has 0 bridgehead atoms. The molecular weight excluding hydrogens is 281 g/mol. The maximum atomic E-state index is 12.9. The van der Waals surface area contributed by atoms with Crippen LogP contribution in [0.5, 0.6) is 0 Å². The summed E-state index contributed by atoms with van der Waals surface area (Å²) in [4.78, 5) is 10.6. The van der Waals surface area contributed by atoms with Crippen molar-refractivity contribution in [2.75, 3.05) is 6.54 Å². The third-order valence-electron chi connectivity index (χ3n) is 3.32. The molecule has 1 aromatic carbocycles. The van der Waals surface area contributed by atoms with Gasteiger partial charge in [0.15, 0.2) is 0 Å². The van der Waals surface area contributed by atoms with Gasteiger partial charge in [0.05, 0.1) is 0 Å². The van der Waals surface area contributed by atoms with E-state index in [0.717, 1.165) is 18.5 Å². The van der Waals surface area contributed by atoms with Crippen molar-refractivity contribution in [2.45, 2.75) is 39.7 Å². The lowest BCUT2D eigenvalue weighted by atomic mass is 9.84. The van der Waals surface area contributed by atoms with E-state index < -0.39 is 5.97 Å². The van der Waals surface area contributed by atoms with Crippen LogP contribution < -0.4 is 5.32 Å². The van der Waals surface area contributed by atoms with Crippen molar-refractivity contribution in [2.24, 2.45) is 5.41 Å². The highest BCUT2D eigenvalue weighted by molar-refractivity contribution is 6.31. The normalized spacial score (nSPS) is 11.6. The van der Waals surface area contributed by atoms with E-state index in [1.807, 2.05) is 0 Å². The molecule has 0 aliphatic carbocycles. The minimum atomic E-state index is -0.760. The van der Waals surface area contributed by atoms with Gasteiger partial charge in [0.2, 0.25) is 0 Å². The van der Waals surface area contributed by atoms with Crippen LogP contribution in [0.2, 0.25) is 5.02 Å². The summed E-state index contributed by atoms with van der Waals surface area (Å²) >= 11 is 5.94. The Balaban J connectivity index is 2.32. The monoisotopic (exact) mass is 301 g/mol. The number of carboxylic acid groups (broad SMARTS) is 1. The third-order valence-corrected chi connectivity index (χ3v) is 3.68. The highest BCUT2D eigenvalue weighted by Crippen LogP contribution is 2.26. The average Bonchev–Trinajstić information content (AvgIpc) is 2.34. The lowest BCUT2D eigenvalue weighted by molar-refractivity contribution is -0.137. The molecule has 0 fully saturated rings. The van der Waals surface area contributed by atoms with Gasteiger partial charge in [0.25, 0.3) is 0 Å². The van der Waals surface area contributed by atoms with Gasteiger partial charge < -0.3 is 10.4 Å². The Morgan fingerprint density at radius 2 is 2.10 bits per heavy atom. The van der Waals surface area contributed by atoms with Gasteiger partial charge in [-0.3, -0.25) is 4.79 Å². The van der Waals surface area contributed by atoms with Crippen LogP contribution in [0.1, 0.15) is 38.7 Å². The summed E-state index contributed by atoms with van der Waals surface area (Å²) in [5.41, 5.74) is 0.842. The van der Waals surface area contributed by atoms with E-state index in [0.29, 0.717) is 18.0 Å². The van der Waals surface area contributed by atoms with E-state index >= 15 is 0 Å². The Hall–Kier alpha value is -1.13. The van der Waals surface area contributed by atoms with E-state index in [1.54, 1.807) is 6.07 Å². The Morgan fingerprint density at radius 1 is 1.40 bits per heavy atom. The molecule has 20 heavy (non-hydrogen) atoms. The molecule has 0 heterocycles. The van der Waals surface area contributed by atoms with Crippen LogP contribution in [0, 0.1) is 11.2 Å². The maximum absolute atomic E-state index is 12.9. The van der Waals surface area contributed by atoms with E-state index in [2.05, 4.69) is 19.2 Å². The first-order chi connectivity index (χ1) is 9.30.